The van der Waals surface area contributed by atoms with Gasteiger partial charge in [0.05, 0.1) is 5.52 Å². The number of nitrogens with one attached hydrogen (secondary N) is 1. The van der Waals surface area contributed by atoms with Gasteiger partial charge in [0.1, 0.15) is 12.1 Å². The standard InChI is InChI=1S/C15H12ClN3/c1-10-4-2-3-5-13(10)19-15-12-7-6-11(16)8-14(12)17-9-18-15/h2-9H,1H3,(H,17,18,19). The van der Waals surface area contributed by atoms with Gasteiger partial charge in [-0.15, -0.1) is 0 Å². The Balaban J connectivity index is 2.09. The fraction of sp³-hybridized carbons (Fsp3) is 0.0667. The van der Waals surface area contributed by atoms with E-state index in [-0.39, 0.29) is 0 Å². The van der Waals surface area contributed by atoms with Crippen molar-refractivity contribution < 1.29 is 0 Å². The molecule has 1 N–H and O–H groups in total. The van der Waals surface area contributed by atoms with Gasteiger partial charge in [0.2, 0.25) is 0 Å². The molecule has 0 saturated heterocycles. The molecule has 0 aliphatic rings. The van der Waals surface area contributed by atoms with Gasteiger partial charge in [0.25, 0.3) is 0 Å². The minimum Gasteiger partial charge on any atom is -0.339 e. The second-order valence-electron chi connectivity index (χ2n) is 4.32. The van der Waals surface area contributed by atoms with Crippen molar-refractivity contribution in [3.8, 4) is 0 Å². The first-order valence-electron chi connectivity index (χ1n) is 5.97. The summed E-state index contributed by atoms with van der Waals surface area (Å²) in [5.74, 6) is 0.788. The Kier molecular flexibility index (Phi) is 3.05. The van der Waals surface area contributed by atoms with E-state index < -0.39 is 0 Å². The van der Waals surface area contributed by atoms with Crippen LogP contribution in [0.4, 0.5) is 11.5 Å². The SMILES string of the molecule is Cc1ccccc1Nc1ncnc2cc(Cl)ccc12. The van der Waals surface area contributed by atoms with Gasteiger partial charge >= 0.3 is 0 Å². The molecule has 1 heterocycles. The highest BCUT2D eigenvalue weighted by molar-refractivity contribution is 6.31. The van der Waals surface area contributed by atoms with E-state index in [0.29, 0.717) is 5.02 Å². The van der Waals surface area contributed by atoms with E-state index in [4.69, 9.17) is 11.6 Å². The molecule has 94 valence electrons. The summed E-state index contributed by atoms with van der Waals surface area (Å²) in [4.78, 5) is 8.54. The van der Waals surface area contributed by atoms with Crippen molar-refractivity contribution in [2.75, 3.05) is 5.32 Å². The highest BCUT2D eigenvalue weighted by Crippen LogP contribution is 2.26. The summed E-state index contributed by atoms with van der Waals surface area (Å²) in [5.41, 5.74) is 3.04. The number of aromatic nitrogens is 2. The number of hydrogen-bond acceptors (Lipinski definition) is 3. The summed E-state index contributed by atoms with van der Waals surface area (Å²) in [6, 6.07) is 13.7. The Morgan fingerprint density at radius 2 is 1.89 bits per heavy atom. The predicted molar refractivity (Wildman–Crippen MR) is 79.0 cm³/mol. The quantitative estimate of drug-likeness (QED) is 0.752. The maximum absolute atomic E-state index is 5.98. The molecule has 2 aromatic carbocycles. The number of aryl methyl sites for hydroxylation is 1. The molecule has 0 radical (unpaired) electrons. The Hall–Kier alpha value is -2.13. The molecule has 0 unspecified atom stereocenters. The number of rotatable bonds is 2. The predicted octanol–water partition coefficient (Wildman–Crippen LogP) is 4.34. The lowest BCUT2D eigenvalue weighted by molar-refractivity contribution is 1.21. The number of anilines is 2. The molecular formula is C15H12ClN3. The summed E-state index contributed by atoms with van der Waals surface area (Å²) in [6.07, 6.45) is 1.54. The smallest absolute Gasteiger partial charge is 0.141 e. The Morgan fingerprint density at radius 1 is 1.05 bits per heavy atom. The first kappa shape index (κ1) is 11.9. The van der Waals surface area contributed by atoms with Crippen LogP contribution in [-0.4, -0.2) is 9.97 Å². The third-order valence-electron chi connectivity index (χ3n) is 3.00. The van der Waals surface area contributed by atoms with Crippen LogP contribution < -0.4 is 5.32 Å². The number of fused-ring (bicyclic) bond motifs is 1. The lowest BCUT2D eigenvalue weighted by Crippen LogP contribution is -1.97. The molecule has 0 spiro atoms. The summed E-state index contributed by atoms with van der Waals surface area (Å²) < 4.78 is 0. The van der Waals surface area contributed by atoms with Crippen LogP contribution in [0.3, 0.4) is 0 Å². The van der Waals surface area contributed by atoms with Gasteiger partial charge in [-0.2, -0.15) is 0 Å². The maximum atomic E-state index is 5.98. The molecule has 0 bridgehead atoms. The van der Waals surface area contributed by atoms with E-state index in [2.05, 4.69) is 28.3 Å². The Bertz CT molecular complexity index is 740. The molecule has 3 aromatic rings. The first-order valence-corrected chi connectivity index (χ1v) is 6.35. The highest BCUT2D eigenvalue weighted by Gasteiger charge is 2.05. The van der Waals surface area contributed by atoms with Crippen molar-refractivity contribution in [1.29, 1.82) is 0 Å². The molecule has 0 aliphatic carbocycles. The van der Waals surface area contributed by atoms with E-state index in [9.17, 15) is 0 Å². The number of para-hydroxylation sites is 1. The van der Waals surface area contributed by atoms with Crippen LogP contribution in [0, 0.1) is 6.92 Å². The normalized spacial score (nSPS) is 10.6. The summed E-state index contributed by atoms with van der Waals surface area (Å²) >= 11 is 5.98. The zero-order valence-corrected chi connectivity index (χ0v) is 11.1. The van der Waals surface area contributed by atoms with Crippen LogP contribution in [0.25, 0.3) is 10.9 Å². The topological polar surface area (TPSA) is 37.8 Å². The van der Waals surface area contributed by atoms with Gasteiger partial charge < -0.3 is 5.32 Å². The zero-order valence-electron chi connectivity index (χ0n) is 10.4. The van der Waals surface area contributed by atoms with Crippen molar-refractivity contribution in [3.63, 3.8) is 0 Å². The van der Waals surface area contributed by atoms with E-state index in [1.54, 1.807) is 6.33 Å². The molecule has 0 atom stereocenters. The van der Waals surface area contributed by atoms with Crippen LogP contribution in [-0.2, 0) is 0 Å². The third kappa shape index (κ3) is 2.37. The average Bonchev–Trinajstić information content (AvgIpc) is 2.41. The Morgan fingerprint density at radius 3 is 2.74 bits per heavy atom. The van der Waals surface area contributed by atoms with Crippen molar-refractivity contribution in [1.82, 2.24) is 9.97 Å². The molecule has 0 saturated carbocycles. The molecule has 4 heteroatoms. The number of benzene rings is 2. The molecule has 3 rings (SSSR count). The van der Waals surface area contributed by atoms with Gasteiger partial charge in [0, 0.05) is 16.1 Å². The van der Waals surface area contributed by atoms with E-state index >= 15 is 0 Å². The average molecular weight is 270 g/mol. The molecule has 0 aliphatic heterocycles. The second-order valence-corrected chi connectivity index (χ2v) is 4.76. The maximum Gasteiger partial charge on any atom is 0.141 e. The lowest BCUT2D eigenvalue weighted by Gasteiger charge is -2.10. The fourth-order valence-electron chi connectivity index (χ4n) is 1.97. The second kappa shape index (κ2) is 4.86. The molecular weight excluding hydrogens is 258 g/mol. The number of nitrogens with zero attached hydrogens (tertiary/aromatic N) is 2. The fourth-order valence-corrected chi connectivity index (χ4v) is 2.14. The summed E-state index contributed by atoms with van der Waals surface area (Å²) in [6.45, 7) is 2.06. The first-order chi connectivity index (χ1) is 9.24. The molecule has 0 amide bonds. The lowest BCUT2D eigenvalue weighted by atomic mass is 10.2. The number of halogens is 1. The third-order valence-corrected chi connectivity index (χ3v) is 3.23. The molecule has 1 aromatic heterocycles. The van der Waals surface area contributed by atoms with Crippen molar-refractivity contribution >= 4 is 34.0 Å². The molecule has 0 fully saturated rings. The summed E-state index contributed by atoms with van der Waals surface area (Å²) in [5, 5.41) is 4.97. The largest absolute Gasteiger partial charge is 0.339 e. The van der Waals surface area contributed by atoms with Crippen molar-refractivity contribution in [3.05, 3.63) is 59.4 Å². The van der Waals surface area contributed by atoms with Gasteiger partial charge in [-0.25, -0.2) is 9.97 Å². The molecule has 3 nitrogen and oxygen atoms in total. The van der Waals surface area contributed by atoms with E-state index in [1.807, 2.05) is 36.4 Å². The minimum atomic E-state index is 0.674. The van der Waals surface area contributed by atoms with Crippen molar-refractivity contribution in [2.24, 2.45) is 0 Å². The minimum absolute atomic E-state index is 0.674. The van der Waals surface area contributed by atoms with Crippen LogP contribution in [0.15, 0.2) is 48.8 Å². The van der Waals surface area contributed by atoms with Gasteiger partial charge in [-0.05, 0) is 36.8 Å². The Labute approximate surface area is 116 Å². The van der Waals surface area contributed by atoms with E-state index in [0.717, 1.165) is 22.4 Å². The van der Waals surface area contributed by atoms with Gasteiger partial charge in [-0.3, -0.25) is 0 Å². The van der Waals surface area contributed by atoms with E-state index in [1.165, 1.54) is 5.56 Å². The molecule has 19 heavy (non-hydrogen) atoms. The number of hydrogen-bond donors (Lipinski definition) is 1. The van der Waals surface area contributed by atoms with Crippen LogP contribution in [0.2, 0.25) is 5.02 Å². The van der Waals surface area contributed by atoms with Crippen LogP contribution >= 0.6 is 11.6 Å². The highest BCUT2D eigenvalue weighted by atomic mass is 35.5. The van der Waals surface area contributed by atoms with Crippen molar-refractivity contribution in [2.45, 2.75) is 6.92 Å². The van der Waals surface area contributed by atoms with Crippen LogP contribution in [0.5, 0.6) is 0 Å². The summed E-state index contributed by atoms with van der Waals surface area (Å²) in [7, 11) is 0. The van der Waals surface area contributed by atoms with Gasteiger partial charge in [0.15, 0.2) is 0 Å². The zero-order chi connectivity index (χ0) is 13.2. The monoisotopic (exact) mass is 269 g/mol. The van der Waals surface area contributed by atoms with Gasteiger partial charge in [-0.1, -0.05) is 29.8 Å². The van der Waals surface area contributed by atoms with Crippen LogP contribution in [0.1, 0.15) is 5.56 Å².